The van der Waals surface area contributed by atoms with Crippen LogP contribution < -0.4 is 4.74 Å². The van der Waals surface area contributed by atoms with Gasteiger partial charge in [0.05, 0.1) is 12.2 Å². The van der Waals surface area contributed by atoms with Crippen LogP contribution in [0, 0.1) is 5.92 Å². The second kappa shape index (κ2) is 9.40. The quantitative estimate of drug-likeness (QED) is 0.628. The number of carboxylic acid groups (broad SMARTS) is 1. The minimum absolute atomic E-state index is 0.295. The van der Waals surface area contributed by atoms with Crippen LogP contribution in [-0.2, 0) is 0 Å². The zero-order chi connectivity index (χ0) is 14.8. The molecule has 0 heterocycles. The van der Waals surface area contributed by atoms with Crippen LogP contribution in [0.5, 0.6) is 5.75 Å². The van der Waals surface area contributed by atoms with Gasteiger partial charge in [0.2, 0.25) is 0 Å². The van der Waals surface area contributed by atoms with Crippen LogP contribution in [-0.4, -0.2) is 17.7 Å². The number of benzene rings is 1. The molecule has 1 aromatic rings. The van der Waals surface area contributed by atoms with Gasteiger partial charge in [-0.2, -0.15) is 0 Å². The molecule has 0 saturated heterocycles. The number of hydrogen-bond acceptors (Lipinski definition) is 2. The van der Waals surface area contributed by atoms with Crippen LogP contribution in [0.2, 0.25) is 0 Å². The number of ether oxygens (including phenoxy) is 1. The number of rotatable bonds is 10. The lowest BCUT2D eigenvalue weighted by molar-refractivity contribution is 0.0697. The molecule has 1 unspecified atom stereocenters. The topological polar surface area (TPSA) is 46.5 Å². The minimum atomic E-state index is -0.904. The Morgan fingerprint density at radius 1 is 1.15 bits per heavy atom. The molecule has 1 rings (SSSR count). The first-order chi connectivity index (χ1) is 9.67. The second-order valence-corrected chi connectivity index (χ2v) is 5.26. The van der Waals surface area contributed by atoms with Crippen LogP contribution in [0.15, 0.2) is 24.3 Å². The van der Waals surface area contributed by atoms with E-state index in [-0.39, 0.29) is 0 Å². The fraction of sp³-hybridized carbons (Fsp3) is 0.588. The molecule has 112 valence electrons. The maximum Gasteiger partial charge on any atom is 0.335 e. The molecule has 0 bridgehead atoms. The van der Waals surface area contributed by atoms with E-state index in [4.69, 9.17) is 9.84 Å². The Morgan fingerprint density at radius 3 is 2.40 bits per heavy atom. The summed E-state index contributed by atoms with van der Waals surface area (Å²) in [4.78, 5) is 10.8. The first-order valence-electron chi connectivity index (χ1n) is 7.63. The van der Waals surface area contributed by atoms with Crippen LogP contribution in [0.3, 0.4) is 0 Å². The normalized spacial score (nSPS) is 12.1. The summed E-state index contributed by atoms with van der Waals surface area (Å²) in [5.41, 5.74) is 0.295. The standard InChI is InChI=1S/C17H26O3/c1-3-5-6-7-8-14(4-2)13-20-16-11-9-15(10-12-16)17(18)19/h9-12,14H,3-8,13H2,1-2H3,(H,18,19). The zero-order valence-electron chi connectivity index (χ0n) is 12.6. The summed E-state index contributed by atoms with van der Waals surface area (Å²) >= 11 is 0. The van der Waals surface area contributed by atoms with E-state index in [2.05, 4.69) is 13.8 Å². The number of carbonyl (C=O) groups is 1. The van der Waals surface area contributed by atoms with Gasteiger partial charge in [0.1, 0.15) is 5.75 Å². The van der Waals surface area contributed by atoms with E-state index in [9.17, 15) is 4.79 Å². The molecule has 0 aliphatic heterocycles. The third-order valence-corrected chi connectivity index (χ3v) is 3.63. The van der Waals surface area contributed by atoms with Gasteiger partial charge in [0, 0.05) is 0 Å². The van der Waals surface area contributed by atoms with E-state index in [1.165, 1.54) is 32.1 Å². The molecule has 1 atom stereocenters. The Kier molecular flexibility index (Phi) is 7.78. The average Bonchev–Trinajstić information content (AvgIpc) is 2.47. The van der Waals surface area contributed by atoms with Crippen molar-refractivity contribution in [3.63, 3.8) is 0 Å². The first-order valence-corrected chi connectivity index (χ1v) is 7.63. The summed E-state index contributed by atoms with van der Waals surface area (Å²) in [5.74, 6) is 0.437. The Hall–Kier alpha value is -1.51. The van der Waals surface area contributed by atoms with Gasteiger partial charge in [0.25, 0.3) is 0 Å². The molecule has 0 fully saturated rings. The van der Waals surface area contributed by atoms with Crippen molar-refractivity contribution in [1.29, 1.82) is 0 Å². The van der Waals surface area contributed by atoms with Gasteiger partial charge in [-0.05, 0) is 36.6 Å². The summed E-state index contributed by atoms with van der Waals surface area (Å²) in [6, 6.07) is 6.63. The zero-order valence-corrected chi connectivity index (χ0v) is 12.6. The molecule has 1 aromatic carbocycles. The van der Waals surface area contributed by atoms with E-state index >= 15 is 0 Å². The summed E-state index contributed by atoms with van der Waals surface area (Å²) in [7, 11) is 0. The SMILES string of the molecule is CCCCCCC(CC)COc1ccc(C(=O)O)cc1. The highest BCUT2D eigenvalue weighted by molar-refractivity contribution is 5.87. The highest BCUT2D eigenvalue weighted by atomic mass is 16.5. The number of carboxylic acids is 1. The summed E-state index contributed by atoms with van der Waals surface area (Å²) < 4.78 is 5.76. The van der Waals surface area contributed by atoms with Gasteiger partial charge < -0.3 is 9.84 Å². The minimum Gasteiger partial charge on any atom is -0.493 e. The van der Waals surface area contributed by atoms with Crippen molar-refractivity contribution in [2.75, 3.05) is 6.61 Å². The third kappa shape index (κ3) is 6.09. The highest BCUT2D eigenvalue weighted by Gasteiger charge is 2.08. The van der Waals surface area contributed by atoms with Crippen molar-refractivity contribution < 1.29 is 14.6 Å². The molecule has 0 radical (unpaired) electrons. The number of unbranched alkanes of at least 4 members (excludes halogenated alkanes) is 3. The van der Waals surface area contributed by atoms with Crippen LogP contribution in [0.4, 0.5) is 0 Å². The van der Waals surface area contributed by atoms with E-state index in [1.807, 2.05) is 0 Å². The van der Waals surface area contributed by atoms with Gasteiger partial charge in [0.15, 0.2) is 0 Å². The first kappa shape index (κ1) is 16.5. The van der Waals surface area contributed by atoms with Crippen molar-refractivity contribution in [1.82, 2.24) is 0 Å². The Bertz CT molecular complexity index is 384. The van der Waals surface area contributed by atoms with Gasteiger partial charge >= 0.3 is 5.97 Å². The molecule has 3 heteroatoms. The molecule has 0 aliphatic rings. The maximum atomic E-state index is 10.8. The summed E-state index contributed by atoms with van der Waals surface area (Å²) in [6.07, 6.45) is 7.49. The monoisotopic (exact) mass is 278 g/mol. The Morgan fingerprint density at radius 2 is 1.85 bits per heavy atom. The molecular weight excluding hydrogens is 252 g/mol. The summed E-state index contributed by atoms with van der Waals surface area (Å²) in [6.45, 7) is 5.14. The number of aromatic carboxylic acids is 1. The molecule has 0 aromatic heterocycles. The average molecular weight is 278 g/mol. The van der Waals surface area contributed by atoms with Crippen molar-refractivity contribution >= 4 is 5.97 Å². The molecule has 0 saturated carbocycles. The fourth-order valence-corrected chi connectivity index (χ4v) is 2.17. The fourth-order valence-electron chi connectivity index (χ4n) is 2.17. The lowest BCUT2D eigenvalue weighted by Gasteiger charge is -2.16. The van der Waals surface area contributed by atoms with Crippen molar-refractivity contribution in [3.05, 3.63) is 29.8 Å². The summed E-state index contributed by atoms with van der Waals surface area (Å²) in [5, 5.41) is 8.83. The molecule has 0 amide bonds. The van der Waals surface area contributed by atoms with Crippen molar-refractivity contribution in [2.24, 2.45) is 5.92 Å². The van der Waals surface area contributed by atoms with Gasteiger partial charge in [-0.1, -0.05) is 46.0 Å². The predicted octanol–water partition coefficient (Wildman–Crippen LogP) is 4.76. The van der Waals surface area contributed by atoms with Gasteiger partial charge in [-0.3, -0.25) is 0 Å². The molecule has 0 aliphatic carbocycles. The molecule has 20 heavy (non-hydrogen) atoms. The van der Waals surface area contributed by atoms with E-state index in [0.717, 1.165) is 18.8 Å². The smallest absolute Gasteiger partial charge is 0.335 e. The maximum absolute atomic E-state index is 10.8. The van der Waals surface area contributed by atoms with Crippen LogP contribution >= 0.6 is 0 Å². The van der Waals surface area contributed by atoms with Gasteiger partial charge in [-0.15, -0.1) is 0 Å². The lowest BCUT2D eigenvalue weighted by Crippen LogP contribution is -2.11. The predicted molar refractivity (Wildman–Crippen MR) is 81.4 cm³/mol. The van der Waals surface area contributed by atoms with E-state index in [1.54, 1.807) is 24.3 Å². The van der Waals surface area contributed by atoms with Crippen LogP contribution in [0.1, 0.15) is 62.7 Å². The molecular formula is C17H26O3. The van der Waals surface area contributed by atoms with Crippen molar-refractivity contribution in [3.8, 4) is 5.75 Å². The Balaban J connectivity index is 2.34. The second-order valence-electron chi connectivity index (χ2n) is 5.26. The highest BCUT2D eigenvalue weighted by Crippen LogP contribution is 2.18. The van der Waals surface area contributed by atoms with E-state index < -0.39 is 5.97 Å². The van der Waals surface area contributed by atoms with E-state index in [0.29, 0.717) is 11.5 Å². The van der Waals surface area contributed by atoms with Crippen LogP contribution in [0.25, 0.3) is 0 Å². The van der Waals surface area contributed by atoms with Gasteiger partial charge in [-0.25, -0.2) is 4.79 Å². The Labute approximate surface area is 122 Å². The molecule has 3 nitrogen and oxygen atoms in total. The third-order valence-electron chi connectivity index (χ3n) is 3.63. The molecule has 1 N–H and O–H groups in total. The number of hydrogen-bond donors (Lipinski definition) is 1. The lowest BCUT2D eigenvalue weighted by atomic mass is 9.99. The van der Waals surface area contributed by atoms with Crippen molar-refractivity contribution in [2.45, 2.75) is 52.4 Å². The largest absolute Gasteiger partial charge is 0.493 e. The molecule has 0 spiro atoms.